The molecule has 0 amide bonds. The highest BCUT2D eigenvalue weighted by molar-refractivity contribution is 7.80. The van der Waals surface area contributed by atoms with E-state index in [4.69, 9.17) is 17.0 Å². The van der Waals surface area contributed by atoms with Crippen molar-refractivity contribution in [3.63, 3.8) is 0 Å². The molecule has 2 heterocycles. The van der Waals surface area contributed by atoms with Gasteiger partial charge >= 0.3 is 0 Å². The standard InChI is InChI=1S/C18H27N3OS/c1-15-4-2-5-16(12-15)14-20-7-9-21(10-8-20)18(23)19-13-17-6-3-11-22-17/h2,4-5,12,17H,3,6-11,13-14H2,1H3,(H,19,23)/t17-/m0/s1. The van der Waals surface area contributed by atoms with Crippen LogP contribution in [0.25, 0.3) is 0 Å². The first-order chi connectivity index (χ1) is 11.2. The van der Waals surface area contributed by atoms with Crippen molar-refractivity contribution in [1.29, 1.82) is 0 Å². The van der Waals surface area contributed by atoms with Crippen LogP contribution < -0.4 is 5.32 Å². The minimum atomic E-state index is 0.343. The van der Waals surface area contributed by atoms with E-state index in [1.54, 1.807) is 0 Å². The van der Waals surface area contributed by atoms with Gasteiger partial charge in [0.15, 0.2) is 5.11 Å². The maximum atomic E-state index is 5.63. The highest BCUT2D eigenvalue weighted by atomic mass is 32.1. The number of aryl methyl sites for hydroxylation is 1. The molecule has 2 fully saturated rings. The second-order valence-electron chi connectivity index (χ2n) is 6.57. The lowest BCUT2D eigenvalue weighted by Gasteiger charge is -2.36. The van der Waals surface area contributed by atoms with Crippen LogP contribution in [0.2, 0.25) is 0 Å². The molecule has 126 valence electrons. The second-order valence-corrected chi connectivity index (χ2v) is 6.96. The summed E-state index contributed by atoms with van der Waals surface area (Å²) in [5, 5.41) is 4.27. The van der Waals surface area contributed by atoms with Gasteiger partial charge in [0, 0.05) is 45.9 Å². The van der Waals surface area contributed by atoms with Gasteiger partial charge in [-0.05, 0) is 37.5 Å². The van der Waals surface area contributed by atoms with E-state index < -0.39 is 0 Å². The molecule has 3 rings (SSSR count). The number of piperazine rings is 1. The van der Waals surface area contributed by atoms with Crippen molar-refractivity contribution in [3.8, 4) is 0 Å². The summed E-state index contributed by atoms with van der Waals surface area (Å²) in [6.45, 7) is 9.07. The van der Waals surface area contributed by atoms with Crippen LogP contribution in [-0.4, -0.2) is 60.3 Å². The van der Waals surface area contributed by atoms with Crippen molar-refractivity contribution in [3.05, 3.63) is 35.4 Å². The van der Waals surface area contributed by atoms with E-state index in [9.17, 15) is 0 Å². The van der Waals surface area contributed by atoms with Crippen LogP contribution in [0.5, 0.6) is 0 Å². The van der Waals surface area contributed by atoms with Crippen LogP contribution in [0.15, 0.2) is 24.3 Å². The average Bonchev–Trinajstić information content (AvgIpc) is 3.07. The number of nitrogens with one attached hydrogen (secondary N) is 1. The third kappa shape index (κ3) is 4.90. The largest absolute Gasteiger partial charge is 0.376 e. The van der Waals surface area contributed by atoms with Gasteiger partial charge in [-0.2, -0.15) is 0 Å². The van der Waals surface area contributed by atoms with Gasteiger partial charge in [-0.1, -0.05) is 29.8 Å². The molecule has 1 aromatic carbocycles. The highest BCUT2D eigenvalue weighted by Crippen LogP contribution is 2.12. The predicted octanol–water partition coefficient (Wildman–Crippen LogP) is 2.17. The molecule has 4 nitrogen and oxygen atoms in total. The van der Waals surface area contributed by atoms with E-state index in [0.29, 0.717) is 6.10 Å². The number of rotatable bonds is 4. The molecule has 2 aliphatic heterocycles. The lowest BCUT2D eigenvalue weighted by molar-refractivity contribution is 0.112. The Labute approximate surface area is 144 Å². The van der Waals surface area contributed by atoms with Crippen molar-refractivity contribution < 1.29 is 4.74 Å². The van der Waals surface area contributed by atoms with Crippen molar-refractivity contribution in [1.82, 2.24) is 15.1 Å². The van der Waals surface area contributed by atoms with E-state index in [-0.39, 0.29) is 0 Å². The second kappa shape index (κ2) is 8.08. The normalized spacial score (nSPS) is 22.3. The molecule has 0 aliphatic carbocycles. The van der Waals surface area contributed by atoms with E-state index >= 15 is 0 Å². The molecule has 1 atom stereocenters. The first kappa shape index (κ1) is 16.7. The lowest BCUT2D eigenvalue weighted by atomic mass is 10.1. The fourth-order valence-corrected chi connectivity index (χ4v) is 3.56. The number of hydrogen-bond donors (Lipinski definition) is 1. The molecule has 0 saturated carbocycles. The monoisotopic (exact) mass is 333 g/mol. The van der Waals surface area contributed by atoms with Crippen LogP contribution in [0, 0.1) is 6.92 Å². The zero-order valence-electron chi connectivity index (χ0n) is 14.0. The van der Waals surface area contributed by atoms with Gasteiger partial charge in [0.25, 0.3) is 0 Å². The van der Waals surface area contributed by atoms with Crippen molar-refractivity contribution in [2.75, 3.05) is 39.3 Å². The minimum absolute atomic E-state index is 0.343. The van der Waals surface area contributed by atoms with Crippen molar-refractivity contribution >= 4 is 17.3 Å². The quantitative estimate of drug-likeness (QED) is 0.853. The van der Waals surface area contributed by atoms with Gasteiger partial charge in [0.2, 0.25) is 0 Å². The van der Waals surface area contributed by atoms with Gasteiger partial charge in [-0.3, -0.25) is 4.90 Å². The number of ether oxygens (including phenoxy) is 1. The maximum Gasteiger partial charge on any atom is 0.169 e. The highest BCUT2D eigenvalue weighted by Gasteiger charge is 2.20. The number of benzene rings is 1. The van der Waals surface area contributed by atoms with Gasteiger partial charge in [-0.25, -0.2) is 0 Å². The Morgan fingerprint density at radius 3 is 2.83 bits per heavy atom. The third-order valence-corrected chi connectivity index (χ3v) is 5.06. The smallest absolute Gasteiger partial charge is 0.169 e. The molecular weight excluding hydrogens is 306 g/mol. The molecule has 5 heteroatoms. The fourth-order valence-electron chi connectivity index (χ4n) is 3.30. The van der Waals surface area contributed by atoms with E-state index in [0.717, 1.165) is 57.4 Å². The Morgan fingerprint density at radius 1 is 1.30 bits per heavy atom. The summed E-state index contributed by atoms with van der Waals surface area (Å²) in [4.78, 5) is 4.80. The van der Waals surface area contributed by atoms with Crippen molar-refractivity contribution in [2.45, 2.75) is 32.4 Å². The lowest BCUT2D eigenvalue weighted by Crippen LogP contribution is -2.52. The SMILES string of the molecule is Cc1cccc(CN2CCN(C(=S)NC[C@@H]3CCCO3)CC2)c1. The summed E-state index contributed by atoms with van der Waals surface area (Å²) >= 11 is 5.53. The summed E-state index contributed by atoms with van der Waals surface area (Å²) in [5.74, 6) is 0. The molecule has 1 aromatic rings. The van der Waals surface area contributed by atoms with Crippen LogP contribution in [-0.2, 0) is 11.3 Å². The zero-order valence-corrected chi connectivity index (χ0v) is 14.8. The molecule has 2 aliphatic rings. The van der Waals surface area contributed by atoms with E-state index in [1.807, 2.05) is 0 Å². The predicted molar refractivity (Wildman–Crippen MR) is 97.6 cm³/mol. The number of hydrogen-bond acceptors (Lipinski definition) is 3. The Kier molecular flexibility index (Phi) is 5.86. The topological polar surface area (TPSA) is 27.7 Å². The first-order valence-corrected chi connectivity index (χ1v) is 9.04. The van der Waals surface area contributed by atoms with Gasteiger partial charge in [0.05, 0.1) is 6.10 Å². The zero-order chi connectivity index (χ0) is 16.1. The fraction of sp³-hybridized carbons (Fsp3) is 0.611. The number of nitrogens with zero attached hydrogens (tertiary/aromatic N) is 2. The van der Waals surface area contributed by atoms with Crippen molar-refractivity contribution in [2.24, 2.45) is 0 Å². The molecule has 0 bridgehead atoms. The third-order valence-electron chi connectivity index (χ3n) is 4.65. The summed E-state index contributed by atoms with van der Waals surface area (Å²) in [7, 11) is 0. The Morgan fingerprint density at radius 2 is 2.13 bits per heavy atom. The Bertz CT molecular complexity index is 523. The molecule has 0 unspecified atom stereocenters. The molecular formula is C18H27N3OS. The Balaban J connectivity index is 1.40. The minimum Gasteiger partial charge on any atom is -0.376 e. The molecule has 0 spiro atoms. The van der Waals surface area contributed by atoms with Gasteiger partial charge < -0.3 is 15.0 Å². The first-order valence-electron chi connectivity index (χ1n) is 8.63. The maximum absolute atomic E-state index is 5.63. The summed E-state index contributed by atoms with van der Waals surface area (Å²) in [6.07, 6.45) is 2.67. The number of thiocarbonyl (C=S) groups is 1. The van der Waals surface area contributed by atoms with Crippen LogP contribution in [0.1, 0.15) is 24.0 Å². The molecule has 0 radical (unpaired) electrons. The molecule has 0 aromatic heterocycles. The summed E-state index contributed by atoms with van der Waals surface area (Å²) in [6, 6.07) is 8.79. The van der Waals surface area contributed by atoms with E-state index in [1.165, 1.54) is 17.5 Å². The van der Waals surface area contributed by atoms with Crippen LogP contribution in [0.4, 0.5) is 0 Å². The van der Waals surface area contributed by atoms with E-state index in [2.05, 4.69) is 46.3 Å². The Hall–Kier alpha value is -1.17. The summed E-state index contributed by atoms with van der Waals surface area (Å²) < 4.78 is 5.63. The van der Waals surface area contributed by atoms with Gasteiger partial charge in [-0.15, -0.1) is 0 Å². The van der Waals surface area contributed by atoms with Gasteiger partial charge in [0.1, 0.15) is 0 Å². The molecule has 1 N–H and O–H groups in total. The van der Waals surface area contributed by atoms with Crippen LogP contribution >= 0.6 is 12.2 Å². The average molecular weight is 334 g/mol. The molecule has 2 saturated heterocycles. The van der Waals surface area contributed by atoms with Crippen LogP contribution in [0.3, 0.4) is 0 Å². The summed E-state index contributed by atoms with van der Waals surface area (Å²) in [5.41, 5.74) is 2.73. The molecule has 23 heavy (non-hydrogen) atoms.